The van der Waals surface area contributed by atoms with Gasteiger partial charge in [0.15, 0.2) is 5.96 Å². The molecule has 3 N–H and O–H groups in total. The molecule has 6 nitrogen and oxygen atoms in total. The zero-order chi connectivity index (χ0) is 19.1. The van der Waals surface area contributed by atoms with Crippen LogP contribution >= 0.6 is 24.0 Å². The van der Waals surface area contributed by atoms with Crippen LogP contribution in [0.5, 0.6) is 0 Å². The molecule has 0 aromatic heterocycles. The van der Waals surface area contributed by atoms with Crippen LogP contribution in [0.1, 0.15) is 26.7 Å². The summed E-state index contributed by atoms with van der Waals surface area (Å²) in [6.45, 7) is 5.58. The molecular formula is C18H28F2IN5O. The minimum Gasteiger partial charge on any atom is -0.367 e. The van der Waals surface area contributed by atoms with Crippen molar-refractivity contribution in [1.29, 1.82) is 0 Å². The number of halogens is 3. The second kappa shape index (κ2) is 11.3. The molecule has 0 saturated carbocycles. The van der Waals surface area contributed by atoms with Gasteiger partial charge in [0.25, 0.3) is 0 Å². The standard InChI is InChI=1S/C18H27F2N5O.HI/c1-12(2)23-17(26)6-8-22-18(21-3)24-14-7-9-25(11-14)16-5-4-13(19)10-15(16)20;/h4-5,10,12,14H,6-9,11H2,1-3H3,(H,23,26)(H2,21,22,24);1H. The van der Waals surface area contributed by atoms with Crippen LogP contribution in [0, 0.1) is 11.6 Å². The van der Waals surface area contributed by atoms with E-state index in [9.17, 15) is 13.6 Å². The summed E-state index contributed by atoms with van der Waals surface area (Å²) in [5.74, 6) is -0.536. The van der Waals surface area contributed by atoms with Crippen LogP contribution in [0.15, 0.2) is 23.2 Å². The van der Waals surface area contributed by atoms with Gasteiger partial charge in [-0.25, -0.2) is 8.78 Å². The Morgan fingerprint density at radius 1 is 1.37 bits per heavy atom. The van der Waals surface area contributed by atoms with Crippen LogP contribution in [0.3, 0.4) is 0 Å². The normalized spacial score (nSPS) is 16.9. The molecule has 1 fully saturated rings. The lowest BCUT2D eigenvalue weighted by atomic mass is 10.2. The highest BCUT2D eigenvalue weighted by atomic mass is 127. The number of nitrogens with zero attached hydrogens (tertiary/aromatic N) is 2. The third-order valence-electron chi connectivity index (χ3n) is 4.10. The van der Waals surface area contributed by atoms with Crippen molar-refractivity contribution in [2.24, 2.45) is 4.99 Å². The van der Waals surface area contributed by atoms with Crippen LogP contribution < -0.4 is 20.9 Å². The number of anilines is 1. The Balaban J connectivity index is 0.00000364. The van der Waals surface area contributed by atoms with E-state index in [1.54, 1.807) is 7.05 Å². The van der Waals surface area contributed by atoms with Crippen molar-refractivity contribution in [2.45, 2.75) is 38.8 Å². The molecule has 1 heterocycles. The van der Waals surface area contributed by atoms with Crippen molar-refractivity contribution in [1.82, 2.24) is 16.0 Å². The Morgan fingerprint density at radius 3 is 2.74 bits per heavy atom. The zero-order valence-corrected chi connectivity index (χ0v) is 18.2. The van der Waals surface area contributed by atoms with E-state index in [1.807, 2.05) is 18.7 Å². The van der Waals surface area contributed by atoms with Crippen LogP contribution in [0.25, 0.3) is 0 Å². The molecule has 1 aliphatic heterocycles. The number of aliphatic imine (C=N–C) groups is 1. The Kier molecular flexibility index (Phi) is 9.75. The van der Waals surface area contributed by atoms with Gasteiger partial charge >= 0.3 is 0 Å². The Morgan fingerprint density at radius 2 is 2.11 bits per heavy atom. The Bertz CT molecular complexity index is 657. The van der Waals surface area contributed by atoms with Gasteiger partial charge in [-0.05, 0) is 32.4 Å². The second-order valence-corrected chi connectivity index (χ2v) is 6.64. The molecule has 0 spiro atoms. The quantitative estimate of drug-likeness (QED) is 0.322. The van der Waals surface area contributed by atoms with Gasteiger partial charge in [0.1, 0.15) is 11.6 Å². The molecule has 1 saturated heterocycles. The predicted octanol–water partition coefficient (Wildman–Crippen LogP) is 2.24. The molecule has 1 aromatic rings. The van der Waals surface area contributed by atoms with Crippen molar-refractivity contribution in [3.8, 4) is 0 Å². The Hall–Kier alpha value is -1.65. The van der Waals surface area contributed by atoms with Crippen molar-refractivity contribution >= 4 is 41.5 Å². The maximum Gasteiger partial charge on any atom is 0.221 e. The fourth-order valence-electron chi connectivity index (χ4n) is 2.91. The number of hydrogen-bond acceptors (Lipinski definition) is 3. The summed E-state index contributed by atoms with van der Waals surface area (Å²) < 4.78 is 27.0. The van der Waals surface area contributed by atoms with E-state index in [0.717, 1.165) is 12.5 Å². The summed E-state index contributed by atoms with van der Waals surface area (Å²) in [6, 6.07) is 3.85. The summed E-state index contributed by atoms with van der Waals surface area (Å²) in [4.78, 5) is 17.7. The predicted molar refractivity (Wildman–Crippen MR) is 115 cm³/mol. The van der Waals surface area contributed by atoms with Gasteiger partial charge < -0.3 is 20.9 Å². The molecule has 0 radical (unpaired) electrons. The van der Waals surface area contributed by atoms with E-state index in [2.05, 4.69) is 20.9 Å². The molecule has 1 aromatic carbocycles. The molecule has 27 heavy (non-hydrogen) atoms. The van der Waals surface area contributed by atoms with Crippen molar-refractivity contribution in [2.75, 3.05) is 31.6 Å². The highest BCUT2D eigenvalue weighted by Crippen LogP contribution is 2.24. The van der Waals surface area contributed by atoms with Crippen LogP contribution in [-0.2, 0) is 4.79 Å². The molecule has 1 unspecified atom stereocenters. The molecule has 2 rings (SSSR count). The SMILES string of the molecule is CN=C(NCCC(=O)NC(C)C)NC1CCN(c2ccc(F)cc2F)C1.I. The molecular weight excluding hydrogens is 467 g/mol. The topological polar surface area (TPSA) is 68.8 Å². The van der Waals surface area contributed by atoms with E-state index in [0.29, 0.717) is 37.7 Å². The van der Waals surface area contributed by atoms with E-state index in [4.69, 9.17) is 0 Å². The van der Waals surface area contributed by atoms with E-state index in [1.165, 1.54) is 12.1 Å². The van der Waals surface area contributed by atoms with Gasteiger partial charge in [-0.3, -0.25) is 9.79 Å². The van der Waals surface area contributed by atoms with Crippen molar-refractivity contribution in [3.63, 3.8) is 0 Å². The van der Waals surface area contributed by atoms with Crippen LogP contribution in [-0.4, -0.2) is 50.6 Å². The smallest absolute Gasteiger partial charge is 0.221 e. The largest absolute Gasteiger partial charge is 0.367 e. The number of nitrogens with one attached hydrogen (secondary N) is 3. The lowest BCUT2D eigenvalue weighted by Crippen LogP contribution is -2.45. The minimum absolute atomic E-state index is 0. The first-order valence-electron chi connectivity index (χ1n) is 8.85. The highest BCUT2D eigenvalue weighted by Gasteiger charge is 2.25. The van der Waals surface area contributed by atoms with Gasteiger partial charge in [-0.2, -0.15) is 0 Å². The molecule has 152 valence electrons. The van der Waals surface area contributed by atoms with Crippen molar-refractivity contribution in [3.05, 3.63) is 29.8 Å². The number of amides is 1. The number of benzene rings is 1. The minimum atomic E-state index is -0.578. The fourth-order valence-corrected chi connectivity index (χ4v) is 2.91. The fraction of sp³-hybridized carbons (Fsp3) is 0.556. The molecule has 9 heteroatoms. The first-order valence-corrected chi connectivity index (χ1v) is 8.85. The van der Waals surface area contributed by atoms with Gasteiger partial charge in [-0.15, -0.1) is 24.0 Å². The number of guanidine groups is 1. The third kappa shape index (κ3) is 7.47. The number of carbonyl (C=O) groups is 1. The summed E-state index contributed by atoms with van der Waals surface area (Å²) in [5, 5.41) is 9.22. The van der Waals surface area contributed by atoms with Crippen molar-refractivity contribution < 1.29 is 13.6 Å². The third-order valence-corrected chi connectivity index (χ3v) is 4.10. The summed E-state index contributed by atoms with van der Waals surface area (Å²) in [6.07, 6.45) is 1.17. The van der Waals surface area contributed by atoms with Crippen LogP contribution in [0.4, 0.5) is 14.5 Å². The number of carbonyl (C=O) groups excluding carboxylic acids is 1. The average Bonchev–Trinajstić information content (AvgIpc) is 3.01. The maximum atomic E-state index is 13.9. The molecule has 0 bridgehead atoms. The maximum absolute atomic E-state index is 13.9. The summed E-state index contributed by atoms with van der Waals surface area (Å²) >= 11 is 0. The summed E-state index contributed by atoms with van der Waals surface area (Å²) in [5.41, 5.74) is 0.406. The lowest BCUT2D eigenvalue weighted by Gasteiger charge is -2.21. The molecule has 1 amide bonds. The average molecular weight is 495 g/mol. The van der Waals surface area contributed by atoms with Gasteiger partial charge in [-0.1, -0.05) is 0 Å². The second-order valence-electron chi connectivity index (χ2n) is 6.64. The van der Waals surface area contributed by atoms with Crippen LogP contribution in [0.2, 0.25) is 0 Å². The molecule has 1 atom stereocenters. The summed E-state index contributed by atoms with van der Waals surface area (Å²) in [7, 11) is 1.66. The molecule has 0 aliphatic carbocycles. The Labute approximate surface area is 176 Å². The highest BCUT2D eigenvalue weighted by molar-refractivity contribution is 14.0. The lowest BCUT2D eigenvalue weighted by molar-refractivity contribution is -0.121. The van der Waals surface area contributed by atoms with E-state index in [-0.39, 0.29) is 42.0 Å². The van der Waals surface area contributed by atoms with E-state index >= 15 is 0 Å². The van der Waals surface area contributed by atoms with Gasteiger partial charge in [0, 0.05) is 51.3 Å². The first-order chi connectivity index (χ1) is 12.4. The van der Waals surface area contributed by atoms with Gasteiger partial charge in [0.05, 0.1) is 5.69 Å². The number of hydrogen-bond donors (Lipinski definition) is 3. The van der Waals surface area contributed by atoms with E-state index < -0.39 is 11.6 Å². The zero-order valence-electron chi connectivity index (χ0n) is 15.9. The monoisotopic (exact) mass is 495 g/mol. The molecule has 1 aliphatic rings. The first kappa shape index (κ1) is 23.4. The number of rotatable bonds is 6. The van der Waals surface area contributed by atoms with Gasteiger partial charge in [0.2, 0.25) is 5.91 Å².